The van der Waals surface area contributed by atoms with Gasteiger partial charge in [-0.2, -0.15) is 5.10 Å². The van der Waals surface area contributed by atoms with Crippen LogP contribution in [0.15, 0.2) is 10.5 Å². The Labute approximate surface area is 113 Å². The monoisotopic (exact) mass is 280 g/mol. The molecule has 0 fully saturated rings. The summed E-state index contributed by atoms with van der Waals surface area (Å²) >= 11 is 1.17. The SMILES string of the molecule is CC(=O)c1csc(NC(=O)C2=NN(C)C(=O)CC2)n1. The second-order valence-corrected chi connectivity index (χ2v) is 4.87. The van der Waals surface area contributed by atoms with Crippen molar-refractivity contribution in [3.8, 4) is 0 Å². The zero-order valence-electron chi connectivity index (χ0n) is 10.5. The van der Waals surface area contributed by atoms with E-state index in [4.69, 9.17) is 0 Å². The Bertz CT molecular complexity index is 578. The van der Waals surface area contributed by atoms with Gasteiger partial charge < -0.3 is 0 Å². The summed E-state index contributed by atoms with van der Waals surface area (Å²) in [4.78, 5) is 38.2. The molecule has 19 heavy (non-hydrogen) atoms. The number of carbonyl (C=O) groups excluding carboxylic acids is 3. The van der Waals surface area contributed by atoms with Gasteiger partial charge in [0.15, 0.2) is 10.9 Å². The van der Waals surface area contributed by atoms with Crippen LogP contribution in [0.2, 0.25) is 0 Å². The van der Waals surface area contributed by atoms with Gasteiger partial charge in [-0.05, 0) is 0 Å². The number of Topliss-reactive ketones (excluding diaryl/α,β-unsaturated/α-hetero) is 1. The highest BCUT2D eigenvalue weighted by Gasteiger charge is 2.22. The van der Waals surface area contributed by atoms with Gasteiger partial charge in [0.05, 0.1) is 0 Å². The number of aromatic nitrogens is 1. The van der Waals surface area contributed by atoms with Crippen molar-refractivity contribution < 1.29 is 14.4 Å². The van der Waals surface area contributed by atoms with Crippen LogP contribution in [0.1, 0.15) is 30.3 Å². The molecule has 2 amide bonds. The summed E-state index contributed by atoms with van der Waals surface area (Å²) in [5.74, 6) is -0.675. The van der Waals surface area contributed by atoms with E-state index >= 15 is 0 Å². The number of amides is 2. The Hall–Kier alpha value is -2.09. The Morgan fingerprint density at radius 2 is 2.16 bits per heavy atom. The second-order valence-electron chi connectivity index (χ2n) is 4.01. The number of nitrogens with one attached hydrogen (secondary N) is 1. The predicted octanol–water partition coefficient (Wildman–Crippen LogP) is 0.892. The van der Waals surface area contributed by atoms with Crippen LogP contribution >= 0.6 is 11.3 Å². The first-order valence-corrected chi connectivity index (χ1v) is 6.47. The number of ketones is 1. The summed E-state index contributed by atoms with van der Waals surface area (Å²) in [6.45, 7) is 1.41. The molecule has 100 valence electrons. The lowest BCUT2D eigenvalue weighted by Gasteiger charge is -2.18. The molecule has 0 aromatic carbocycles. The van der Waals surface area contributed by atoms with Crippen LogP contribution in [-0.2, 0) is 9.59 Å². The highest BCUT2D eigenvalue weighted by atomic mass is 32.1. The maximum absolute atomic E-state index is 11.9. The van der Waals surface area contributed by atoms with Gasteiger partial charge in [0, 0.05) is 32.2 Å². The van der Waals surface area contributed by atoms with Gasteiger partial charge in [0.2, 0.25) is 5.91 Å². The van der Waals surface area contributed by atoms with Crippen LogP contribution in [-0.4, -0.2) is 40.3 Å². The molecule has 0 unspecified atom stereocenters. The van der Waals surface area contributed by atoms with Crippen molar-refractivity contribution in [3.05, 3.63) is 11.1 Å². The van der Waals surface area contributed by atoms with Crippen molar-refractivity contribution in [2.24, 2.45) is 5.10 Å². The van der Waals surface area contributed by atoms with Crippen LogP contribution in [0.3, 0.4) is 0 Å². The quantitative estimate of drug-likeness (QED) is 0.832. The van der Waals surface area contributed by atoms with Crippen molar-refractivity contribution in [1.29, 1.82) is 0 Å². The lowest BCUT2D eigenvalue weighted by Crippen LogP contribution is -2.34. The highest BCUT2D eigenvalue weighted by molar-refractivity contribution is 7.14. The largest absolute Gasteiger partial charge is 0.297 e. The van der Waals surface area contributed by atoms with E-state index in [9.17, 15) is 14.4 Å². The molecule has 1 aromatic heterocycles. The van der Waals surface area contributed by atoms with Crippen LogP contribution in [0, 0.1) is 0 Å². The zero-order valence-corrected chi connectivity index (χ0v) is 11.3. The molecule has 0 atom stereocenters. The first-order valence-electron chi connectivity index (χ1n) is 5.59. The Balaban J connectivity index is 2.06. The van der Waals surface area contributed by atoms with E-state index in [1.807, 2.05) is 0 Å². The Morgan fingerprint density at radius 1 is 1.42 bits per heavy atom. The predicted molar refractivity (Wildman–Crippen MR) is 70.2 cm³/mol. The van der Waals surface area contributed by atoms with E-state index in [-0.39, 0.29) is 23.8 Å². The summed E-state index contributed by atoms with van der Waals surface area (Å²) in [7, 11) is 1.51. The summed E-state index contributed by atoms with van der Waals surface area (Å²) in [6.07, 6.45) is 0.569. The van der Waals surface area contributed by atoms with Gasteiger partial charge in [-0.25, -0.2) is 9.99 Å². The molecule has 2 rings (SSSR count). The van der Waals surface area contributed by atoms with E-state index < -0.39 is 5.91 Å². The number of hydrogen-bond acceptors (Lipinski definition) is 6. The number of carbonyl (C=O) groups is 3. The molecule has 0 bridgehead atoms. The fraction of sp³-hybridized carbons (Fsp3) is 0.364. The van der Waals surface area contributed by atoms with E-state index in [0.717, 1.165) is 5.01 Å². The number of hydrazone groups is 1. The Kier molecular flexibility index (Phi) is 3.70. The molecule has 1 aliphatic rings. The van der Waals surface area contributed by atoms with Crippen molar-refractivity contribution in [2.45, 2.75) is 19.8 Å². The minimum atomic E-state index is -0.399. The van der Waals surface area contributed by atoms with Gasteiger partial charge in [0.1, 0.15) is 11.4 Å². The molecule has 0 spiro atoms. The number of hydrogen-bond donors (Lipinski definition) is 1. The lowest BCUT2D eigenvalue weighted by molar-refractivity contribution is -0.130. The smallest absolute Gasteiger partial charge is 0.273 e. The van der Waals surface area contributed by atoms with Crippen LogP contribution in [0.5, 0.6) is 0 Å². The summed E-state index contributed by atoms with van der Waals surface area (Å²) < 4.78 is 0. The maximum Gasteiger partial charge on any atom is 0.273 e. The molecule has 0 radical (unpaired) electrons. The number of thiazole rings is 1. The molecule has 0 saturated carbocycles. The molecule has 1 N–H and O–H groups in total. The van der Waals surface area contributed by atoms with Crippen LogP contribution in [0.25, 0.3) is 0 Å². The van der Waals surface area contributed by atoms with Crippen molar-refractivity contribution >= 4 is 39.8 Å². The van der Waals surface area contributed by atoms with Crippen molar-refractivity contribution in [2.75, 3.05) is 12.4 Å². The first-order chi connectivity index (χ1) is 8.97. The van der Waals surface area contributed by atoms with Gasteiger partial charge in [-0.1, -0.05) is 0 Å². The van der Waals surface area contributed by atoms with Gasteiger partial charge >= 0.3 is 0 Å². The maximum atomic E-state index is 11.9. The topological polar surface area (TPSA) is 91.7 Å². The fourth-order valence-electron chi connectivity index (χ4n) is 1.50. The molecule has 8 heteroatoms. The average Bonchev–Trinajstić information content (AvgIpc) is 2.81. The second kappa shape index (κ2) is 5.27. The third kappa shape index (κ3) is 3.02. The molecule has 1 aromatic rings. The van der Waals surface area contributed by atoms with Gasteiger partial charge in [-0.15, -0.1) is 11.3 Å². The summed E-state index contributed by atoms with van der Waals surface area (Å²) in [5.41, 5.74) is 0.597. The number of nitrogens with zero attached hydrogens (tertiary/aromatic N) is 3. The molecular weight excluding hydrogens is 268 g/mol. The van der Waals surface area contributed by atoms with Crippen molar-refractivity contribution in [3.63, 3.8) is 0 Å². The van der Waals surface area contributed by atoms with Crippen LogP contribution in [0.4, 0.5) is 5.13 Å². The summed E-state index contributed by atoms with van der Waals surface area (Å²) in [6, 6.07) is 0. The highest BCUT2D eigenvalue weighted by Crippen LogP contribution is 2.16. The minimum absolute atomic E-state index is 0.121. The molecular formula is C11H12N4O3S. The standard InChI is InChI=1S/C11H12N4O3S/c1-6(16)8-5-19-11(12-8)13-10(18)7-3-4-9(17)15(2)14-7/h5H,3-4H2,1-2H3,(H,12,13,18). The average molecular weight is 280 g/mol. The molecule has 1 aliphatic heterocycles. The van der Waals surface area contributed by atoms with Crippen LogP contribution < -0.4 is 5.32 Å². The third-order valence-corrected chi connectivity index (χ3v) is 3.31. The van der Waals surface area contributed by atoms with E-state index in [0.29, 0.717) is 17.2 Å². The van der Waals surface area contributed by atoms with E-state index in [1.54, 1.807) is 5.38 Å². The van der Waals surface area contributed by atoms with Gasteiger partial charge in [0.25, 0.3) is 5.91 Å². The normalized spacial score (nSPS) is 15.2. The number of anilines is 1. The van der Waals surface area contributed by atoms with E-state index in [2.05, 4.69) is 15.4 Å². The molecule has 0 saturated heterocycles. The van der Waals surface area contributed by atoms with Crippen molar-refractivity contribution in [1.82, 2.24) is 9.99 Å². The summed E-state index contributed by atoms with van der Waals surface area (Å²) in [5, 5.41) is 9.55. The third-order valence-electron chi connectivity index (χ3n) is 2.55. The first kappa shape index (κ1) is 13.3. The molecule has 2 heterocycles. The minimum Gasteiger partial charge on any atom is -0.297 e. The van der Waals surface area contributed by atoms with Gasteiger partial charge in [-0.3, -0.25) is 19.7 Å². The number of rotatable bonds is 3. The molecule has 7 nitrogen and oxygen atoms in total. The fourth-order valence-corrected chi connectivity index (χ4v) is 2.24. The van der Waals surface area contributed by atoms with E-state index in [1.165, 1.54) is 25.3 Å². The Morgan fingerprint density at radius 3 is 2.74 bits per heavy atom. The lowest BCUT2D eigenvalue weighted by atomic mass is 10.1. The zero-order chi connectivity index (χ0) is 14.0. The molecule has 0 aliphatic carbocycles.